The van der Waals surface area contributed by atoms with Crippen molar-refractivity contribution in [2.24, 2.45) is 5.92 Å². The van der Waals surface area contributed by atoms with Gasteiger partial charge in [-0.3, -0.25) is 4.79 Å². The van der Waals surface area contributed by atoms with Crippen molar-refractivity contribution in [2.45, 2.75) is 58.1 Å². The van der Waals surface area contributed by atoms with Crippen LogP contribution in [0.1, 0.15) is 56.7 Å². The third-order valence-corrected chi connectivity index (χ3v) is 6.59. The third-order valence-electron chi connectivity index (χ3n) is 6.59. The molecule has 1 aromatic heterocycles. The first-order chi connectivity index (χ1) is 17.0. The lowest BCUT2D eigenvalue weighted by molar-refractivity contribution is -0.134. The molecule has 1 atom stereocenters. The van der Waals surface area contributed by atoms with Gasteiger partial charge in [0.05, 0.1) is 29.6 Å². The Kier molecular flexibility index (Phi) is 6.86. The molecule has 1 saturated heterocycles. The zero-order chi connectivity index (χ0) is 24.4. The maximum absolute atomic E-state index is 14.6. The maximum Gasteiger partial charge on any atom is 0.228 e. The molecule has 2 fully saturated rings. The highest BCUT2D eigenvalue weighted by atomic mass is 19.1. The SMILES string of the molecule is CC(C)c1nn(-c2ccccc2)c(Oc2ccccc2F)c1CN(CC1CCCO1)C(=O)C1CC1. The lowest BCUT2D eigenvalue weighted by Crippen LogP contribution is -2.38. The Morgan fingerprint density at radius 2 is 1.89 bits per heavy atom. The Morgan fingerprint density at radius 1 is 1.14 bits per heavy atom. The molecule has 2 aliphatic rings. The number of rotatable bonds is 9. The summed E-state index contributed by atoms with van der Waals surface area (Å²) in [6, 6.07) is 16.0. The van der Waals surface area contributed by atoms with Crippen molar-refractivity contribution in [3.05, 3.63) is 71.7 Å². The van der Waals surface area contributed by atoms with Gasteiger partial charge in [-0.1, -0.05) is 44.2 Å². The lowest BCUT2D eigenvalue weighted by Gasteiger charge is -2.26. The van der Waals surface area contributed by atoms with Crippen molar-refractivity contribution in [2.75, 3.05) is 13.2 Å². The van der Waals surface area contributed by atoms with E-state index in [0.717, 1.165) is 49.2 Å². The van der Waals surface area contributed by atoms with Gasteiger partial charge in [0.2, 0.25) is 11.8 Å². The van der Waals surface area contributed by atoms with E-state index in [0.29, 0.717) is 19.0 Å². The summed E-state index contributed by atoms with van der Waals surface area (Å²) < 4.78 is 28.5. The standard InChI is InChI=1S/C28H32FN3O3/c1-19(2)26-23(18-31(27(33)20-14-15-20)17-22-11-8-16-34-22)28(35-25-13-7-6-12-24(25)29)32(30-26)21-9-4-3-5-10-21/h3-7,9-10,12-13,19-20,22H,8,11,14-18H2,1-2H3. The van der Waals surface area contributed by atoms with Crippen molar-refractivity contribution >= 4 is 5.91 Å². The Hall–Kier alpha value is -3.19. The second-order valence-corrected chi connectivity index (χ2v) is 9.73. The van der Waals surface area contributed by atoms with E-state index in [-0.39, 0.29) is 29.6 Å². The molecule has 0 radical (unpaired) electrons. The van der Waals surface area contributed by atoms with Crippen LogP contribution < -0.4 is 4.74 Å². The van der Waals surface area contributed by atoms with Gasteiger partial charge in [-0.2, -0.15) is 5.10 Å². The van der Waals surface area contributed by atoms with Crippen molar-refractivity contribution < 1.29 is 18.7 Å². The van der Waals surface area contributed by atoms with E-state index in [2.05, 4.69) is 13.8 Å². The smallest absolute Gasteiger partial charge is 0.228 e. The van der Waals surface area contributed by atoms with Crippen molar-refractivity contribution in [3.63, 3.8) is 0 Å². The Balaban J connectivity index is 1.58. The molecule has 5 rings (SSSR count). The molecule has 2 aromatic carbocycles. The molecule has 0 spiro atoms. The van der Waals surface area contributed by atoms with Gasteiger partial charge in [0.15, 0.2) is 11.6 Å². The highest BCUT2D eigenvalue weighted by Gasteiger charge is 2.36. The summed E-state index contributed by atoms with van der Waals surface area (Å²) in [4.78, 5) is 15.2. The van der Waals surface area contributed by atoms with E-state index in [9.17, 15) is 9.18 Å². The highest BCUT2D eigenvalue weighted by Crippen LogP contribution is 2.37. The van der Waals surface area contributed by atoms with Crippen LogP contribution in [-0.4, -0.2) is 39.8 Å². The van der Waals surface area contributed by atoms with Crippen LogP contribution in [0, 0.1) is 11.7 Å². The van der Waals surface area contributed by atoms with Crippen molar-refractivity contribution in [1.82, 2.24) is 14.7 Å². The van der Waals surface area contributed by atoms with Gasteiger partial charge >= 0.3 is 0 Å². The van der Waals surface area contributed by atoms with Crippen LogP contribution in [0.2, 0.25) is 0 Å². The Labute approximate surface area is 205 Å². The van der Waals surface area contributed by atoms with Crippen LogP contribution in [0.25, 0.3) is 5.69 Å². The molecule has 7 heteroatoms. The number of hydrogen-bond donors (Lipinski definition) is 0. The molecule has 1 aliphatic carbocycles. The summed E-state index contributed by atoms with van der Waals surface area (Å²) in [6.07, 6.45) is 3.87. The summed E-state index contributed by atoms with van der Waals surface area (Å²) in [6.45, 7) is 5.77. The van der Waals surface area contributed by atoms with Crippen LogP contribution in [0.15, 0.2) is 54.6 Å². The number of halogens is 1. The first kappa shape index (κ1) is 23.5. The average Bonchev–Trinajstić information content (AvgIpc) is 3.47. The summed E-state index contributed by atoms with van der Waals surface area (Å²) >= 11 is 0. The van der Waals surface area contributed by atoms with E-state index in [1.165, 1.54) is 6.07 Å². The maximum atomic E-state index is 14.6. The van der Waals surface area contributed by atoms with Gasteiger partial charge in [0, 0.05) is 19.1 Å². The van der Waals surface area contributed by atoms with Crippen molar-refractivity contribution in [3.8, 4) is 17.3 Å². The lowest BCUT2D eigenvalue weighted by atomic mass is 10.0. The van der Waals surface area contributed by atoms with Gasteiger partial charge in [-0.05, 0) is 55.9 Å². The monoisotopic (exact) mass is 477 g/mol. The number of hydrogen-bond acceptors (Lipinski definition) is 4. The molecule has 6 nitrogen and oxygen atoms in total. The van der Waals surface area contributed by atoms with Gasteiger partial charge in [0.25, 0.3) is 0 Å². The highest BCUT2D eigenvalue weighted by molar-refractivity contribution is 5.81. The fourth-order valence-electron chi connectivity index (χ4n) is 4.59. The second-order valence-electron chi connectivity index (χ2n) is 9.73. The average molecular weight is 478 g/mol. The molecule has 0 N–H and O–H groups in total. The number of carbonyl (C=O) groups excluding carboxylic acids is 1. The minimum atomic E-state index is -0.448. The molecular weight excluding hydrogens is 445 g/mol. The van der Waals surface area contributed by atoms with Gasteiger partial charge in [0.1, 0.15) is 0 Å². The number of ether oxygens (including phenoxy) is 2. The molecule has 1 amide bonds. The third kappa shape index (κ3) is 5.25. The number of nitrogens with zero attached hydrogens (tertiary/aromatic N) is 3. The zero-order valence-corrected chi connectivity index (χ0v) is 20.3. The van der Waals surface area contributed by atoms with Gasteiger partial charge in [-0.15, -0.1) is 0 Å². The fourth-order valence-corrected chi connectivity index (χ4v) is 4.59. The topological polar surface area (TPSA) is 56.6 Å². The Morgan fingerprint density at radius 3 is 2.54 bits per heavy atom. The minimum Gasteiger partial charge on any atom is -0.435 e. The number of para-hydroxylation sites is 2. The van der Waals surface area contributed by atoms with Crippen LogP contribution in [0.5, 0.6) is 11.6 Å². The van der Waals surface area contributed by atoms with E-state index in [1.807, 2.05) is 35.2 Å². The van der Waals surface area contributed by atoms with Gasteiger partial charge < -0.3 is 14.4 Å². The van der Waals surface area contributed by atoms with Crippen LogP contribution in [0.4, 0.5) is 4.39 Å². The van der Waals surface area contributed by atoms with E-state index < -0.39 is 5.82 Å². The fraction of sp³-hybridized carbons (Fsp3) is 0.429. The molecule has 35 heavy (non-hydrogen) atoms. The molecule has 1 saturated carbocycles. The first-order valence-electron chi connectivity index (χ1n) is 12.5. The molecular formula is C28H32FN3O3. The van der Waals surface area contributed by atoms with Gasteiger partial charge in [-0.25, -0.2) is 9.07 Å². The van der Waals surface area contributed by atoms with Crippen LogP contribution >= 0.6 is 0 Å². The van der Waals surface area contributed by atoms with Crippen molar-refractivity contribution in [1.29, 1.82) is 0 Å². The predicted molar refractivity (Wildman–Crippen MR) is 131 cm³/mol. The normalized spacial score (nSPS) is 17.7. The molecule has 3 aromatic rings. The van der Waals surface area contributed by atoms with Crippen LogP contribution in [0.3, 0.4) is 0 Å². The second kappa shape index (κ2) is 10.2. The quantitative estimate of drug-likeness (QED) is 0.388. The molecule has 1 unspecified atom stereocenters. The summed E-state index contributed by atoms with van der Waals surface area (Å²) in [7, 11) is 0. The number of carbonyl (C=O) groups is 1. The molecule has 1 aliphatic heterocycles. The number of aromatic nitrogens is 2. The summed E-state index contributed by atoms with van der Waals surface area (Å²) in [5.74, 6) is 0.430. The first-order valence-corrected chi connectivity index (χ1v) is 12.5. The minimum absolute atomic E-state index is 0.0419. The predicted octanol–water partition coefficient (Wildman–Crippen LogP) is 5.84. The van der Waals surface area contributed by atoms with E-state index >= 15 is 0 Å². The molecule has 0 bridgehead atoms. The van der Waals surface area contributed by atoms with E-state index in [1.54, 1.807) is 22.9 Å². The summed E-state index contributed by atoms with van der Waals surface area (Å²) in [5.41, 5.74) is 2.45. The zero-order valence-electron chi connectivity index (χ0n) is 20.3. The Bertz CT molecular complexity index is 1170. The largest absolute Gasteiger partial charge is 0.435 e. The number of benzene rings is 2. The summed E-state index contributed by atoms with van der Waals surface area (Å²) in [5, 5.41) is 4.91. The van der Waals surface area contributed by atoms with E-state index in [4.69, 9.17) is 14.6 Å². The molecule has 184 valence electrons. The molecule has 2 heterocycles. The number of amides is 1. The van der Waals surface area contributed by atoms with Crippen LogP contribution in [-0.2, 0) is 16.1 Å².